The molecule has 1 aliphatic rings. The van der Waals surface area contributed by atoms with Crippen LogP contribution in [0.4, 0.5) is 0 Å². The van der Waals surface area contributed by atoms with Crippen molar-refractivity contribution in [1.82, 2.24) is 0 Å². The maximum absolute atomic E-state index is 10.1. The van der Waals surface area contributed by atoms with Crippen molar-refractivity contribution in [2.75, 3.05) is 13.7 Å². The third-order valence-corrected chi connectivity index (χ3v) is 4.04. The van der Waals surface area contributed by atoms with E-state index >= 15 is 0 Å². The van der Waals surface area contributed by atoms with Gasteiger partial charge in [0.1, 0.15) is 17.1 Å². The number of aromatic hydroxyl groups is 1. The zero-order chi connectivity index (χ0) is 13.5. The average Bonchev–Trinajstić information content (AvgIpc) is 2.34. The van der Waals surface area contributed by atoms with Crippen LogP contribution in [0.3, 0.4) is 0 Å². The van der Waals surface area contributed by atoms with E-state index < -0.39 is 0 Å². The molecule has 0 spiro atoms. The average molecular weight is 250 g/mol. The summed E-state index contributed by atoms with van der Waals surface area (Å²) in [6.45, 7) is 8.57. The highest BCUT2D eigenvalue weighted by Crippen LogP contribution is 2.43. The SMILES string of the molecule is COCC1(C)CCc2c(C)c(O)c(C)c(C)c2O1. The summed E-state index contributed by atoms with van der Waals surface area (Å²) >= 11 is 0. The molecule has 0 saturated carbocycles. The summed E-state index contributed by atoms with van der Waals surface area (Å²) in [6, 6.07) is 0. The van der Waals surface area contributed by atoms with Crippen molar-refractivity contribution < 1.29 is 14.6 Å². The van der Waals surface area contributed by atoms with Gasteiger partial charge in [-0.25, -0.2) is 0 Å². The Balaban J connectivity index is 2.50. The van der Waals surface area contributed by atoms with Crippen LogP contribution >= 0.6 is 0 Å². The minimum absolute atomic E-state index is 0.262. The predicted molar refractivity (Wildman–Crippen MR) is 71.5 cm³/mol. The topological polar surface area (TPSA) is 38.7 Å². The number of methoxy groups -OCH3 is 1. The van der Waals surface area contributed by atoms with Crippen LogP contribution in [0.25, 0.3) is 0 Å². The van der Waals surface area contributed by atoms with E-state index in [-0.39, 0.29) is 5.60 Å². The number of ether oxygens (including phenoxy) is 2. The molecule has 1 aliphatic heterocycles. The molecule has 2 rings (SSSR count). The highest BCUT2D eigenvalue weighted by molar-refractivity contribution is 5.58. The Labute approximate surface area is 109 Å². The number of benzene rings is 1. The van der Waals surface area contributed by atoms with E-state index in [1.54, 1.807) is 7.11 Å². The molecule has 100 valence electrons. The fourth-order valence-corrected chi connectivity index (χ4v) is 2.70. The summed E-state index contributed by atoms with van der Waals surface area (Å²) < 4.78 is 11.4. The highest BCUT2D eigenvalue weighted by atomic mass is 16.5. The van der Waals surface area contributed by atoms with Gasteiger partial charge in [-0.15, -0.1) is 0 Å². The van der Waals surface area contributed by atoms with Gasteiger partial charge in [0.25, 0.3) is 0 Å². The molecule has 3 nitrogen and oxygen atoms in total. The van der Waals surface area contributed by atoms with Gasteiger partial charge >= 0.3 is 0 Å². The molecule has 0 radical (unpaired) electrons. The second kappa shape index (κ2) is 4.47. The first kappa shape index (κ1) is 13.2. The Morgan fingerprint density at radius 2 is 1.89 bits per heavy atom. The van der Waals surface area contributed by atoms with E-state index in [4.69, 9.17) is 9.47 Å². The number of hydrogen-bond donors (Lipinski definition) is 1. The van der Waals surface area contributed by atoms with Gasteiger partial charge in [-0.05, 0) is 57.2 Å². The molecular formula is C15H22O3. The maximum atomic E-state index is 10.1. The minimum atomic E-state index is -0.262. The summed E-state index contributed by atoms with van der Waals surface area (Å²) in [4.78, 5) is 0. The molecule has 1 atom stereocenters. The summed E-state index contributed by atoms with van der Waals surface area (Å²) in [6.07, 6.45) is 1.84. The summed E-state index contributed by atoms with van der Waals surface area (Å²) in [5, 5.41) is 10.1. The van der Waals surface area contributed by atoms with Crippen LogP contribution in [0.2, 0.25) is 0 Å². The lowest BCUT2D eigenvalue weighted by Crippen LogP contribution is -2.41. The first-order chi connectivity index (χ1) is 8.39. The van der Waals surface area contributed by atoms with Gasteiger partial charge < -0.3 is 14.6 Å². The number of rotatable bonds is 2. The zero-order valence-electron chi connectivity index (χ0n) is 11.9. The lowest BCUT2D eigenvalue weighted by atomic mass is 9.87. The molecule has 0 aromatic heterocycles. The second-order valence-corrected chi connectivity index (χ2v) is 5.52. The van der Waals surface area contributed by atoms with Crippen molar-refractivity contribution in [2.45, 2.75) is 46.1 Å². The molecule has 1 aromatic carbocycles. The fraction of sp³-hybridized carbons (Fsp3) is 0.600. The van der Waals surface area contributed by atoms with E-state index in [0.29, 0.717) is 12.4 Å². The molecule has 18 heavy (non-hydrogen) atoms. The number of phenols is 1. The van der Waals surface area contributed by atoms with Crippen LogP contribution < -0.4 is 4.74 Å². The van der Waals surface area contributed by atoms with E-state index in [9.17, 15) is 5.11 Å². The Bertz CT molecular complexity index is 479. The summed E-state index contributed by atoms with van der Waals surface area (Å²) in [5.74, 6) is 1.35. The van der Waals surface area contributed by atoms with E-state index in [0.717, 1.165) is 40.8 Å². The van der Waals surface area contributed by atoms with E-state index in [1.807, 2.05) is 20.8 Å². The van der Waals surface area contributed by atoms with E-state index in [2.05, 4.69) is 6.92 Å². The molecular weight excluding hydrogens is 228 g/mol. The largest absolute Gasteiger partial charge is 0.507 e. The van der Waals surface area contributed by atoms with Crippen LogP contribution in [-0.4, -0.2) is 24.4 Å². The molecule has 1 heterocycles. The van der Waals surface area contributed by atoms with Crippen LogP contribution in [0.5, 0.6) is 11.5 Å². The molecule has 0 aliphatic carbocycles. The Morgan fingerprint density at radius 1 is 1.22 bits per heavy atom. The predicted octanol–water partition coefficient (Wildman–Crippen LogP) is 3.05. The maximum Gasteiger partial charge on any atom is 0.130 e. The van der Waals surface area contributed by atoms with Gasteiger partial charge in [0.15, 0.2) is 0 Å². The van der Waals surface area contributed by atoms with Gasteiger partial charge in [-0.2, -0.15) is 0 Å². The lowest BCUT2D eigenvalue weighted by molar-refractivity contribution is -0.0112. The van der Waals surface area contributed by atoms with Gasteiger partial charge in [-0.1, -0.05) is 0 Å². The first-order valence-corrected chi connectivity index (χ1v) is 6.39. The Morgan fingerprint density at radius 3 is 2.50 bits per heavy atom. The van der Waals surface area contributed by atoms with Crippen molar-refractivity contribution in [2.24, 2.45) is 0 Å². The molecule has 3 heteroatoms. The van der Waals surface area contributed by atoms with Crippen LogP contribution in [0.1, 0.15) is 35.6 Å². The van der Waals surface area contributed by atoms with Gasteiger partial charge in [-0.3, -0.25) is 0 Å². The number of phenolic OH excluding ortho intramolecular Hbond substituents is 1. The normalized spacial score (nSPS) is 22.5. The lowest BCUT2D eigenvalue weighted by Gasteiger charge is -2.37. The third kappa shape index (κ3) is 1.97. The fourth-order valence-electron chi connectivity index (χ4n) is 2.70. The Kier molecular flexibility index (Phi) is 3.28. The second-order valence-electron chi connectivity index (χ2n) is 5.52. The minimum Gasteiger partial charge on any atom is -0.507 e. The zero-order valence-corrected chi connectivity index (χ0v) is 11.9. The van der Waals surface area contributed by atoms with Gasteiger partial charge in [0.2, 0.25) is 0 Å². The Hall–Kier alpha value is -1.22. The van der Waals surface area contributed by atoms with Crippen molar-refractivity contribution in [1.29, 1.82) is 0 Å². The van der Waals surface area contributed by atoms with Crippen LogP contribution in [0.15, 0.2) is 0 Å². The molecule has 1 N–H and O–H groups in total. The van der Waals surface area contributed by atoms with Crippen molar-refractivity contribution in [3.05, 3.63) is 22.3 Å². The van der Waals surface area contributed by atoms with Crippen molar-refractivity contribution in [3.8, 4) is 11.5 Å². The third-order valence-electron chi connectivity index (χ3n) is 4.04. The number of fused-ring (bicyclic) bond motifs is 1. The van der Waals surface area contributed by atoms with Crippen molar-refractivity contribution >= 4 is 0 Å². The quantitative estimate of drug-likeness (QED) is 0.876. The molecule has 1 aromatic rings. The number of hydrogen-bond acceptors (Lipinski definition) is 3. The van der Waals surface area contributed by atoms with E-state index in [1.165, 1.54) is 0 Å². The smallest absolute Gasteiger partial charge is 0.130 e. The van der Waals surface area contributed by atoms with Gasteiger partial charge in [0, 0.05) is 12.7 Å². The molecule has 1 unspecified atom stereocenters. The highest BCUT2D eigenvalue weighted by Gasteiger charge is 2.34. The molecule has 0 fully saturated rings. The summed E-state index contributed by atoms with van der Waals surface area (Å²) in [5.41, 5.74) is 3.78. The van der Waals surface area contributed by atoms with Crippen LogP contribution in [0, 0.1) is 20.8 Å². The van der Waals surface area contributed by atoms with Crippen LogP contribution in [-0.2, 0) is 11.2 Å². The van der Waals surface area contributed by atoms with Crippen molar-refractivity contribution in [3.63, 3.8) is 0 Å². The standard InChI is InChI=1S/C15H22O3/c1-9-10(2)14-12(11(3)13(9)16)6-7-15(4,18-14)8-17-5/h16H,6-8H2,1-5H3. The molecule has 0 bridgehead atoms. The summed E-state index contributed by atoms with van der Waals surface area (Å²) in [7, 11) is 1.70. The van der Waals surface area contributed by atoms with Gasteiger partial charge in [0.05, 0.1) is 6.61 Å². The molecule has 0 saturated heterocycles. The molecule has 0 amide bonds. The monoisotopic (exact) mass is 250 g/mol. The first-order valence-electron chi connectivity index (χ1n) is 6.39.